The monoisotopic (exact) mass is 258 g/mol. The third-order valence-corrected chi connectivity index (χ3v) is 3.13. The maximum atomic E-state index is 4.78. The smallest absolute Gasteiger partial charge is 0.204 e. The Morgan fingerprint density at radius 3 is 3.21 bits per heavy atom. The zero-order chi connectivity index (χ0) is 13.1. The van der Waals surface area contributed by atoms with Crippen LogP contribution in [-0.4, -0.2) is 41.4 Å². The van der Waals surface area contributed by atoms with Crippen molar-refractivity contribution in [3.63, 3.8) is 0 Å². The summed E-state index contributed by atoms with van der Waals surface area (Å²) in [5, 5.41) is 6.52. The zero-order valence-corrected chi connectivity index (χ0v) is 11.0. The lowest BCUT2D eigenvalue weighted by Crippen LogP contribution is -2.44. The Morgan fingerprint density at radius 1 is 1.37 bits per heavy atom. The average molecular weight is 258 g/mol. The molecule has 0 aliphatic carbocycles. The van der Waals surface area contributed by atoms with E-state index in [1.54, 1.807) is 12.4 Å². The molecule has 3 heterocycles. The third-order valence-electron chi connectivity index (χ3n) is 3.13. The minimum atomic E-state index is -0.0553. The molecule has 2 N–H and O–H groups in total. The van der Waals surface area contributed by atoms with Crippen molar-refractivity contribution >= 4 is 12.1 Å². The fraction of sp³-hybridized carbons (Fsp3) is 0.385. The number of aliphatic imine (C=N–C) groups is 2. The molecule has 3 rings (SSSR count). The van der Waals surface area contributed by atoms with Crippen LogP contribution >= 0.6 is 0 Å². The van der Waals surface area contributed by atoms with Gasteiger partial charge in [-0.25, -0.2) is 4.99 Å². The van der Waals surface area contributed by atoms with Crippen LogP contribution in [0.3, 0.4) is 0 Å². The number of amidine groups is 1. The van der Waals surface area contributed by atoms with Crippen molar-refractivity contribution < 1.29 is 0 Å². The number of nitrogens with one attached hydrogen (secondary N) is 2. The van der Waals surface area contributed by atoms with Crippen LogP contribution in [-0.2, 0) is 0 Å². The van der Waals surface area contributed by atoms with Crippen LogP contribution in [0.5, 0.6) is 0 Å². The lowest BCUT2D eigenvalue weighted by atomic mass is 10.3. The molecule has 0 aromatic carbocycles. The molecule has 0 aromatic rings. The minimum absolute atomic E-state index is 0.0553. The van der Waals surface area contributed by atoms with E-state index in [2.05, 4.69) is 38.5 Å². The van der Waals surface area contributed by atoms with E-state index < -0.39 is 0 Å². The zero-order valence-electron chi connectivity index (χ0n) is 11.0. The summed E-state index contributed by atoms with van der Waals surface area (Å²) in [7, 11) is 0. The van der Waals surface area contributed by atoms with E-state index in [1.165, 1.54) is 0 Å². The summed E-state index contributed by atoms with van der Waals surface area (Å²) < 4.78 is 0. The molecule has 0 bridgehead atoms. The van der Waals surface area contributed by atoms with Crippen LogP contribution in [0.1, 0.15) is 13.3 Å². The number of fused-ring (bicyclic) bond motifs is 1. The van der Waals surface area contributed by atoms with E-state index >= 15 is 0 Å². The first-order valence-corrected chi connectivity index (χ1v) is 6.56. The number of hydrogen-bond acceptors (Lipinski definition) is 6. The standard InChI is InChI=1S/C13H18N6/c1-2-6-19-9-11-12(16-10-15-11)17-13(19)18-7-3-4-14-5-8-18/h3-5,7-9,13,15H,2,6,10H2,1H3,(H,16,17). The van der Waals surface area contributed by atoms with E-state index in [9.17, 15) is 0 Å². The maximum absolute atomic E-state index is 4.78. The quantitative estimate of drug-likeness (QED) is 0.784. The van der Waals surface area contributed by atoms with Crippen LogP contribution in [0.25, 0.3) is 0 Å². The first-order valence-electron chi connectivity index (χ1n) is 6.56. The molecule has 100 valence electrons. The fourth-order valence-corrected chi connectivity index (χ4v) is 2.28. The molecule has 19 heavy (non-hydrogen) atoms. The number of nitrogens with zero attached hydrogens (tertiary/aromatic N) is 4. The Morgan fingerprint density at radius 2 is 2.32 bits per heavy atom. The third kappa shape index (κ3) is 2.33. The minimum Gasteiger partial charge on any atom is -0.364 e. The van der Waals surface area contributed by atoms with Crippen molar-refractivity contribution in [1.29, 1.82) is 0 Å². The molecule has 1 saturated heterocycles. The Hall–Kier alpha value is -2.24. The van der Waals surface area contributed by atoms with Crippen LogP contribution in [0, 0.1) is 0 Å². The molecule has 3 aliphatic heterocycles. The van der Waals surface area contributed by atoms with Gasteiger partial charge in [-0.2, -0.15) is 0 Å². The first kappa shape index (κ1) is 11.8. The summed E-state index contributed by atoms with van der Waals surface area (Å²) in [5.41, 5.74) is 1.07. The van der Waals surface area contributed by atoms with Crippen molar-refractivity contribution in [2.45, 2.75) is 19.6 Å². The second-order valence-corrected chi connectivity index (χ2v) is 4.52. The molecule has 0 saturated carbocycles. The van der Waals surface area contributed by atoms with Gasteiger partial charge < -0.3 is 20.4 Å². The van der Waals surface area contributed by atoms with Crippen LogP contribution < -0.4 is 10.6 Å². The number of hydrogen-bond donors (Lipinski definition) is 2. The largest absolute Gasteiger partial charge is 0.364 e. The predicted molar refractivity (Wildman–Crippen MR) is 76.1 cm³/mol. The summed E-state index contributed by atoms with van der Waals surface area (Å²) >= 11 is 0. The number of allylic oxidation sites excluding steroid dienone is 1. The van der Waals surface area contributed by atoms with Gasteiger partial charge in [0.25, 0.3) is 0 Å². The lowest BCUT2D eigenvalue weighted by molar-refractivity contribution is 0.162. The molecular formula is C13H18N6. The predicted octanol–water partition coefficient (Wildman–Crippen LogP) is 0.757. The number of rotatable bonds is 3. The summed E-state index contributed by atoms with van der Waals surface area (Å²) in [6.07, 6.45) is 12.6. The Balaban J connectivity index is 1.87. The summed E-state index contributed by atoms with van der Waals surface area (Å²) in [5.74, 6) is 0.935. The Bertz CT molecular complexity index is 471. The van der Waals surface area contributed by atoms with Gasteiger partial charge >= 0.3 is 0 Å². The van der Waals surface area contributed by atoms with E-state index in [1.807, 2.05) is 18.5 Å². The SMILES string of the molecule is CCCN1C=C2NCNC2=NC1N1C=CC=NC=C1. The van der Waals surface area contributed by atoms with Crippen molar-refractivity contribution in [3.8, 4) is 0 Å². The average Bonchev–Trinajstić information content (AvgIpc) is 2.71. The molecular weight excluding hydrogens is 240 g/mol. The normalized spacial score (nSPS) is 24.4. The highest BCUT2D eigenvalue weighted by molar-refractivity contribution is 6.00. The molecule has 1 fully saturated rings. The molecule has 0 amide bonds. The highest BCUT2D eigenvalue weighted by Gasteiger charge is 2.28. The molecule has 1 unspecified atom stereocenters. The second kappa shape index (κ2) is 5.17. The molecule has 3 aliphatic rings. The van der Waals surface area contributed by atoms with E-state index in [4.69, 9.17) is 4.99 Å². The topological polar surface area (TPSA) is 55.3 Å². The summed E-state index contributed by atoms with van der Waals surface area (Å²) in [4.78, 5) is 13.2. The maximum Gasteiger partial charge on any atom is 0.204 e. The van der Waals surface area contributed by atoms with Gasteiger partial charge in [0.2, 0.25) is 6.29 Å². The van der Waals surface area contributed by atoms with Gasteiger partial charge in [-0.3, -0.25) is 4.99 Å². The fourth-order valence-electron chi connectivity index (χ4n) is 2.28. The molecule has 0 radical (unpaired) electrons. The van der Waals surface area contributed by atoms with Gasteiger partial charge in [0.15, 0.2) is 5.84 Å². The van der Waals surface area contributed by atoms with Crippen molar-refractivity contribution in [3.05, 3.63) is 36.6 Å². The van der Waals surface area contributed by atoms with E-state index in [0.29, 0.717) is 0 Å². The molecule has 0 spiro atoms. The van der Waals surface area contributed by atoms with Gasteiger partial charge in [0, 0.05) is 37.6 Å². The highest BCUT2D eigenvalue weighted by Crippen LogP contribution is 2.19. The van der Waals surface area contributed by atoms with Gasteiger partial charge in [0.05, 0.1) is 12.4 Å². The van der Waals surface area contributed by atoms with E-state index in [-0.39, 0.29) is 6.29 Å². The molecule has 1 atom stereocenters. The van der Waals surface area contributed by atoms with Crippen molar-refractivity contribution in [2.24, 2.45) is 9.98 Å². The van der Waals surface area contributed by atoms with Crippen LogP contribution in [0.15, 0.2) is 46.6 Å². The van der Waals surface area contributed by atoms with Crippen molar-refractivity contribution in [1.82, 2.24) is 20.4 Å². The van der Waals surface area contributed by atoms with Gasteiger partial charge in [-0.15, -0.1) is 0 Å². The summed E-state index contributed by atoms with van der Waals surface area (Å²) in [6, 6.07) is 0. The second-order valence-electron chi connectivity index (χ2n) is 4.52. The molecule has 6 heteroatoms. The van der Waals surface area contributed by atoms with E-state index in [0.717, 1.165) is 31.2 Å². The summed E-state index contributed by atoms with van der Waals surface area (Å²) in [6.45, 7) is 3.88. The lowest BCUT2D eigenvalue weighted by Gasteiger charge is -2.36. The molecule has 0 aromatic heterocycles. The Labute approximate surface area is 112 Å². The van der Waals surface area contributed by atoms with Gasteiger partial charge in [-0.1, -0.05) is 6.92 Å². The Kier molecular flexibility index (Phi) is 3.22. The highest BCUT2D eigenvalue weighted by atomic mass is 15.4. The molecule has 6 nitrogen and oxygen atoms in total. The van der Waals surface area contributed by atoms with Crippen molar-refractivity contribution in [2.75, 3.05) is 13.2 Å². The van der Waals surface area contributed by atoms with Crippen LogP contribution in [0.4, 0.5) is 0 Å². The van der Waals surface area contributed by atoms with Gasteiger partial charge in [-0.05, 0) is 12.5 Å². The van der Waals surface area contributed by atoms with Crippen LogP contribution in [0.2, 0.25) is 0 Å². The first-order chi connectivity index (χ1) is 9.38. The van der Waals surface area contributed by atoms with Gasteiger partial charge in [0.1, 0.15) is 0 Å².